The zero-order chi connectivity index (χ0) is 15.9. The number of likely N-dealkylation sites (N-methyl/N-ethyl adjacent to an activating group) is 1. The molecule has 0 aliphatic carbocycles. The lowest BCUT2D eigenvalue weighted by Gasteiger charge is -2.23. The first-order chi connectivity index (χ1) is 10.6. The average molecular weight is 300 g/mol. The highest BCUT2D eigenvalue weighted by Gasteiger charge is 2.25. The second-order valence-corrected chi connectivity index (χ2v) is 5.05. The number of nitrogens with zero attached hydrogens (tertiary/aromatic N) is 1. The molecule has 1 atom stereocenters. The van der Waals surface area contributed by atoms with E-state index in [0.29, 0.717) is 13.0 Å². The molecule has 0 fully saturated rings. The summed E-state index contributed by atoms with van der Waals surface area (Å²) in [7, 11) is 1.72. The van der Waals surface area contributed by atoms with Gasteiger partial charge in [-0.25, -0.2) is 0 Å². The minimum Gasteiger partial charge on any atom is -0.459 e. The van der Waals surface area contributed by atoms with Crippen LogP contribution in [0.1, 0.15) is 23.0 Å². The van der Waals surface area contributed by atoms with Gasteiger partial charge in [0, 0.05) is 20.0 Å². The zero-order valence-corrected chi connectivity index (χ0v) is 12.8. The van der Waals surface area contributed by atoms with Gasteiger partial charge in [0.05, 0.1) is 6.26 Å². The first-order valence-electron chi connectivity index (χ1n) is 7.25. The van der Waals surface area contributed by atoms with Gasteiger partial charge in [-0.05, 0) is 24.6 Å². The number of furan rings is 1. The lowest BCUT2D eigenvalue weighted by Crippen LogP contribution is -2.48. The lowest BCUT2D eigenvalue weighted by molar-refractivity contribution is -0.131. The normalized spacial score (nSPS) is 11.7. The number of benzene rings is 1. The number of rotatable bonds is 6. The van der Waals surface area contributed by atoms with Crippen molar-refractivity contribution in [2.45, 2.75) is 19.4 Å². The van der Waals surface area contributed by atoms with Crippen molar-refractivity contribution in [2.75, 3.05) is 13.6 Å². The van der Waals surface area contributed by atoms with Gasteiger partial charge in [-0.3, -0.25) is 9.59 Å². The van der Waals surface area contributed by atoms with Crippen LogP contribution < -0.4 is 5.32 Å². The minimum absolute atomic E-state index is 0.119. The molecule has 1 aromatic heterocycles. The molecule has 1 N–H and O–H groups in total. The monoisotopic (exact) mass is 300 g/mol. The number of hydrogen-bond donors (Lipinski definition) is 1. The van der Waals surface area contributed by atoms with Crippen LogP contribution in [0.5, 0.6) is 0 Å². The third-order valence-corrected chi connectivity index (χ3v) is 3.48. The van der Waals surface area contributed by atoms with E-state index in [1.807, 2.05) is 37.3 Å². The molecule has 0 saturated carbocycles. The molecule has 2 rings (SSSR count). The molecule has 2 amide bonds. The fourth-order valence-electron chi connectivity index (χ4n) is 2.11. The molecule has 116 valence electrons. The van der Waals surface area contributed by atoms with E-state index in [9.17, 15) is 9.59 Å². The fourth-order valence-corrected chi connectivity index (χ4v) is 2.11. The Hall–Kier alpha value is -2.56. The zero-order valence-electron chi connectivity index (χ0n) is 12.8. The lowest BCUT2D eigenvalue weighted by atomic mass is 10.0. The molecule has 0 aliphatic heterocycles. The van der Waals surface area contributed by atoms with Gasteiger partial charge in [0.2, 0.25) is 5.91 Å². The third kappa shape index (κ3) is 3.97. The maximum atomic E-state index is 12.5. The molecule has 1 aromatic carbocycles. The second-order valence-electron chi connectivity index (χ2n) is 5.05. The molecule has 0 aliphatic rings. The molecular formula is C17H20N2O3. The largest absolute Gasteiger partial charge is 0.459 e. The van der Waals surface area contributed by atoms with Gasteiger partial charge in [0.15, 0.2) is 5.76 Å². The van der Waals surface area contributed by atoms with Crippen LogP contribution >= 0.6 is 0 Å². The molecule has 5 nitrogen and oxygen atoms in total. The highest BCUT2D eigenvalue weighted by molar-refractivity contribution is 5.95. The Labute approximate surface area is 129 Å². The van der Waals surface area contributed by atoms with Crippen LogP contribution in [0.3, 0.4) is 0 Å². The van der Waals surface area contributed by atoms with Gasteiger partial charge in [-0.15, -0.1) is 0 Å². The van der Waals surface area contributed by atoms with E-state index in [1.54, 1.807) is 24.1 Å². The quantitative estimate of drug-likeness (QED) is 0.888. The standard InChI is InChI=1S/C17H20N2O3/c1-3-19(2)17(21)14(12-13-8-5-4-6-9-13)18-16(20)15-10-7-11-22-15/h4-11,14H,3,12H2,1-2H3,(H,18,20). The van der Waals surface area contributed by atoms with Crippen molar-refractivity contribution in [3.8, 4) is 0 Å². The smallest absolute Gasteiger partial charge is 0.287 e. The van der Waals surface area contributed by atoms with Crippen molar-refractivity contribution in [2.24, 2.45) is 0 Å². The molecule has 2 aromatic rings. The van der Waals surface area contributed by atoms with Gasteiger partial charge in [-0.1, -0.05) is 30.3 Å². The molecule has 1 unspecified atom stereocenters. The molecule has 0 radical (unpaired) electrons. The van der Waals surface area contributed by atoms with Crippen LogP contribution in [-0.2, 0) is 11.2 Å². The van der Waals surface area contributed by atoms with Gasteiger partial charge in [0.1, 0.15) is 6.04 Å². The van der Waals surface area contributed by atoms with Gasteiger partial charge >= 0.3 is 0 Å². The Morgan fingerprint density at radius 3 is 2.50 bits per heavy atom. The van der Waals surface area contributed by atoms with Crippen LogP contribution in [-0.4, -0.2) is 36.3 Å². The molecule has 5 heteroatoms. The molecule has 0 bridgehead atoms. The fraction of sp³-hybridized carbons (Fsp3) is 0.294. The van der Waals surface area contributed by atoms with Crippen molar-refractivity contribution in [1.29, 1.82) is 0 Å². The van der Waals surface area contributed by atoms with Crippen LogP contribution in [0.15, 0.2) is 53.1 Å². The van der Waals surface area contributed by atoms with E-state index in [0.717, 1.165) is 5.56 Å². The summed E-state index contributed by atoms with van der Waals surface area (Å²) in [5.41, 5.74) is 0.991. The first-order valence-corrected chi connectivity index (χ1v) is 7.25. The summed E-state index contributed by atoms with van der Waals surface area (Å²) in [6.07, 6.45) is 1.87. The Morgan fingerprint density at radius 1 is 1.18 bits per heavy atom. The number of hydrogen-bond acceptors (Lipinski definition) is 3. The second kappa shape index (κ2) is 7.45. The average Bonchev–Trinajstić information content (AvgIpc) is 3.08. The Kier molecular flexibility index (Phi) is 5.36. The summed E-state index contributed by atoms with van der Waals surface area (Å²) in [6.45, 7) is 2.48. The minimum atomic E-state index is -0.620. The Morgan fingerprint density at radius 2 is 1.91 bits per heavy atom. The van der Waals surface area contributed by atoms with E-state index in [1.165, 1.54) is 6.26 Å². The van der Waals surface area contributed by atoms with Crippen LogP contribution in [0.2, 0.25) is 0 Å². The topological polar surface area (TPSA) is 62.6 Å². The number of nitrogens with one attached hydrogen (secondary N) is 1. The highest BCUT2D eigenvalue weighted by atomic mass is 16.3. The third-order valence-electron chi connectivity index (χ3n) is 3.48. The Balaban J connectivity index is 2.14. The molecule has 0 spiro atoms. The maximum absolute atomic E-state index is 12.5. The highest BCUT2D eigenvalue weighted by Crippen LogP contribution is 2.07. The molecular weight excluding hydrogens is 280 g/mol. The molecule has 0 saturated heterocycles. The van der Waals surface area contributed by atoms with E-state index >= 15 is 0 Å². The van der Waals surface area contributed by atoms with E-state index in [2.05, 4.69) is 5.32 Å². The van der Waals surface area contributed by atoms with Crippen molar-refractivity contribution < 1.29 is 14.0 Å². The number of amides is 2. The van der Waals surface area contributed by atoms with E-state index < -0.39 is 6.04 Å². The van der Waals surface area contributed by atoms with Crippen molar-refractivity contribution in [1.82, 2.24) is 10.2 Å². The van der Waals surface area contributed by atoms with Gasteiger partial charge in [0.25, 0.3) is 5.91 Å². The van der Waals surface area contributed by atoms with Gasteiger partial charge in [-0.2, -0.15) is 0 Å². The predicted octanol–water partition coefficient (Wildman–Crippen LogP) is 2.10. The van der Waals surface area contributed by atoms with Crippen molar-refractivity contribution >= 4 is 11.8 Å². The summed E-state index contributed by atoms with van der Waals surface area (Å²) >= 11 is 0. The summed E-state index contributed by atoms with van der Waals surface area (Å²) in [5.74, 6) is -0.306. The number of carbonyl (C=O) groups is 2. The van der Waals surface area contributed by atoms with Crippen LogP contribution in [0, 0.1) is 0 Å². The van der Waals surface area contributed by atoms with E-state index in [4.69, 9.17) is 4.42 Å². The van der Waals surface area contributed by atoms with Crippen molar-refractivity contribution in [3.05, 3.63) is 60.1 Å². The van der Waals surface area contributed by atoms with Gasteiger partial charge < -0.3 is 14.6 Å². The summed E-state index contributed by atoms with van der Waals surface area (Å²) in [5, 5.41) is 2.76. The summed E-state index contributed by atoms with van der Waals surface area (Å²) < 4.78 is 5.08. The van der Waals surface area contributed by atoms with Crippen LogP contribution in [0.4, 0.5) is 0 Å². The molecule has 22 heavy (non-hydrogen) atoms. The van der Waals surface area contributed by atoms with Crippen LogP contribution in [0.25, 0.3) is 0 Å². The summed E-state index contributed by atoms with van der Waals surface area (Å²) in [6, 6.07) is 12.2. The maximum Gasteiger partial charge on any atom is 0.287 e. The SMILES string of the molecule is CCN(C)C(=O)C(Cc1ccccc1)NC(=O)c1ccco1. The number of carbonyl (C=O) groups excluding carboxylic acids is 2. The Bertz CT molecular complexity index is 608. The first kappa shape index (κ1) is 15.8. The van der Waals surface area contributed by atoms with E-state index in [-0.39, 0.29) is 17.6 Å². The van der Waals surface area contributed by atoms with Crippen molar-refractivity contribution in [3.63, 3.8) is 0 Å². The predicted molar refractivity (Wildman–Crippen MR) is 83.4 cm³/mol. The molecule has 1 heterocycles. The summed E-state index contributed by atoms with van der Waals surface area (Å²) in [4.78, 5) is 26.2.